The SMILES string of the molecule is CC(=O)c1ccc(C(=O)OCc2cc(Cl)c3c(c2)OCCO3)s1. The fourth-order valence-corrected chi connectivity index (χ4v) is 3.19. The van der Waals surface area contributed by atoms with Gasteiger partial charge in [-0.3, -0.25) is 4.79 Å². The van der Waals surface area contributed by atoms with Crippen LogP contribution in [0.5, 0.6) is 11.5 Å². The van der Waals surface area contributed by atoms with Gasteiger partial charge in [-0.2, -0.15) is 0 Å². The summed E-state index contributed by atoms with van der Waals surface area (Å²) in [5.74, 6) is 0.503. The third kappa shape index (κ3) is 3.48. The number of carbonyl (C=O) groups is 2. The largest absolute Gasteiger partial charge is 0.486 e. The van der Waals surface area contributed by atoms with Gasteiger partial charge in [-0.25, -0.2) is 4.79 Å². The average Bonchev–Trinajstić information content (AvgIpc) is 3.03. The molecule has 7 heteroatoms. The summed E-state index contributed by atoms with van der Waals surface area (Å²) in [6.07, 6.45) is 0. The molecule has 5 nitrogen and oxygen atoms in total. The second kappa shape index (κ2) is 6.60. The molecule has 0 saturated carbocycles. The van der Waals surface area contributed by atoms with Gasteiger partial charge in [0.1, 0.15) is 24.7 Å². The summed E-state index contributed by atoms with van der Waals surface area (Å²) >= 11 is 7.25. The number of benzene rings is 1. The molecule has 1 aliphatic heterocycles. The Kier molecular flexibility index (Phi) is 4.54. The minimum absolute atomic E-state index is 0.0580. The van der Waals surface area contributed by atoms with Gasteiger partial charge in [0, 0.05) is 0 Å². The Morgan fingerprint density at radius 1 is 1.22 bits per heavy atom. The Balaban J connectivity index is 1.69. The second-order valence-electron chi connectivity index (χ2n) is 4.90. The van der Waals surface area contributed by atoms with Crippen molar-refractivity contribution in [3.8, 4) is 11.5 Å². The number of hydrogen-bond acceptors (Lipinski definition) is 6. The number of fused-ring (bicyclic) bond motifs is 1. The summed E-state index contributed by atoms with van der Waals surface area (Å²) in [6, 6.07) is 6.62. The first-order chi connectivity index (χ1) is 11.0. The van der Waals surface area contributed by atoms with E-state index in [1.165, 1.54) is 6.92 Å². The van der Waals surface area contributed by atoms with Crippen molar-refractivity contribution in [2.24, 2.45) is 0 Å². The van der Waals surface area contributed by atoms with E-state index in [2.05, 4.69) is 0 Å². The predicted octanol–water partition coefficient (Wildman–Crippen LogP) is 3.73. The van der Waals surface area contributed by atoms with E-state index >= 15 is 0 Å². The maximum Gasteiger partial charge on any atom is 0.348 e. The molecule has 0 amide bonds. The lowest BCUT2D eigenvalue weighted by molar-refractivity contribution is 0.0477. The van der Waals surface area contributed by atoms with Crippen LogP contribution in [0, 0.1) is 0 Å². The normalized spacial score (nSPS) is 12.8. The molecule has 0 radical (unpaired) electrons. The van der Waals surface area contributed by atoms with E-state index in [1.54, 1.807) is 24.3 Å². The predicted molar refractivity (Wildman–Crippen MR) is 85.9 cm³/mol. The van der Waals surface area contributed by atoms with Gasteiger partial charge in [0.05, 0.1) is 9.90 Å². The molecule has 120 valence electrons. The van der Waals surface area contributed by atoms with E-state index in [9.17, 15) is 9.59 Å². The van der Waals surface area contributed by atoms with Gasteiger partial charge < -0.3 is 14.2 Å². The zero-order chi connectivity index (χ0) is 16.4. The Hall–Kier alpha value is -2.05. The number of ketones is 1. The van der Waals surface area contributed by atoms with E-state index in [-0.39, 0.29) is 12.4 Å². The van der Waals surface area contributed by atoms with Gasteiger partial charge >= 0.3 is 5.97 Å². The molecule has 2 aromatic rings. The molecule has 0 N–H and O–H groups in total. The van der Waals surface area contributed by atoms with Crippen LogP contribution in [0.2, 0.25) is 5.02 Å². The number of Topliss-reactive ketones (excluding diaryl/α,β-unsaturated/α-hetero) is 1. The van der Waals surface area contributed by atoms with Crippen molar-refractivity contribution in [3.63, 3.8) is 0 Å². The van der Waals surface area contributed by atoms with E-state index < -0.39 is 5.97 Å². The fourth-order valence-electron chi connectivity index (χ4n) is 2.10. The van der Waals surface area contributed by atoms with Gasteiger partial charge in [-0.1, -0.05) is 11.6 Å². The third-order valence-corrected chi connectivity index (χ3v) is 4.63. The van der Waals surface area contributed by atoms with Crippen LogP contribution < -0.4 is 9.47 Å². The lowest BCUT2D eigenvalue weighted by Crippen LogP contribution is -2.16. The van der Waals surface area contributed by atoms with Crippen LogP contribution in [-0.2, 0) is 11.3 Å². The molecule has 0 unspecified atom stereocenters. The highest BCUT2D eigenvalue weighted by atomic mass is 35.5. The summed E-state index contributed by atoms with van der Waals surface area (Å²) < 4.78 is 16.2. The van der Waals surface area contributed by atoms with E-state index in [0.29, 0.717) is 45.1 Å². The molecular formula is C16H13ClO5S. The van der Waals surface area contributed by atoms with Crippen LogP contribution in [0.1, 0.15) is 31.8 Å². The van der Waals surface area contributed by atoms with Crippen LogP contribution in [0.4, 0.5) is 0 Å². The molecule has 1 aromatic heterocycles. The van der Waals surface area contributed by atoms with Crippen molar-refractivity contribution >= 4 is 34.7 Å². The van der Waals surface area contributed by atoms with Crippen molar-refractivity contribution in [2.75, 3.05) is 13.2 Å². The van der Waals surface area contributed by atoms with Crippen molar-refractivity contribution in [1.82, 2.24) is 0 Å². The minimum Gasteiger partial charge on any atom is -0.486 e. The Bertz CT molecular complexity index is 768. The Morgan fingerprint density at radius 2 is 1.96 bits per heavy atom. The smallest absolute Gasteiger partial charge is 0.348 e. The number of thiophene rings is 1. The van der Waals surface area contributed by atoms with Crippen LogP contribution in [0.3, 0.4) is 0 Å². The van der Waals surface area contributed by atoms with Crippen LogP contribution in [-0.4, -0.2) is 25.0 Å². The highest BCUT2D eigenvalue weighted by Gasteiger charge is 2.18. The molecule has 2 heterocycles. The topological polar surface area (TPSA) is 61.8 Å². The van der Waals surface area contributed by atoms with Crippen molar-refractivity contribution in [2.45, 2.75) is 13.5 Å². The maximum atomic E-state index is 12.0. The number of carbonyl (C=O) groups excluding carboxylic acids is 2. The zero-order valence-electron chi connectivity index (χ0n) is 12.3. The quantitative estimate of drug-likeness (QED) is 0.619. The highest BCUT2D eigenvalue weighted by Crippen LogP contribution is 2.38. The summed E-state index contributed by atoms with van der Waals surface area (Å²) in [7, 11) is 0. The Morgan fingerprint density at radius 3 is 2.70 bits per heavy atom. The van der Waals surface area contributed by atoms with Gasteiger partial charge in [0.25, 0.3) is 0 Å². The molecule has 3 rings (SSSR count). The highest BCUT2D eigenvalue weighted by molar-refractivity contribution is 7.15. The number of hydrogen-bond donors (Lipinski definition) is 0. The van der Waals surface area contributed by atoms with E-state index in [1.807, 2.05) is 0 Å². The van der Waals surface area contributed by atoms with Crippen molar-refractivity contribution < 1.29 is 23.8 Å². The standard InChI is InChI=1S/C16H13ClO5S/c1-9(18)13-2-3-14(23-13)16(19)22-8-10-6-11(17)15-12(7-10)20-4-5-21-15/h2-3,6-7H,4-5,8H2,1H3. The minimum atomic E-state index is -0.478. The molecule has 23 heavy (non-hydrogen) atoms. The molecule has 0 bridgehead atoms. The molecule has 0 saturated heterocycles. The maximum absolute atomic E-state index is 12.0. The molecule has 0 fully saturated rings. The van der Waals surface area contributed by atoms with Crippen molar-refractivity contribution in [3.05, 3.63) is 44.6 Å². The second-order valence-corrected chi connectivity index (χ2v) is 6.39. The van der Waals surface area contributed by atoms with Gasteiger partial charge in [-0.05, 0) is 36.8 Å². The lowest BCUT2D eigenvalue weighted by Gasteiger charge is -2.20. The number of rotatable bonds is 4. The fraction of sp³-hybridized carbons (Fsp3) is 0.250. The zero-order valence-corrected chi connectivity index (χ0v) is 13.8. The number of halogens is 1. The van der Waals surface area contributed by atoms with Crippen LogP contribution in [0.25, 0.3) is 0 Å². The molecule has 1 aromatic carbocycles. The number of ether oxygens (including phenoxy) is 3. The molecule has 0 aliphatic carbocycles. The molecule has 0 spiro atoms. The first kappa shape index (κ1) is 15.8. The molecular weight excluding hydrogens is 340 g/mol. The monoisotopic (exact) mass is 352 g/mol. The first-order valence-electron chi connectivity index (χ1n) is 6.90. The average molecular weight is 353 g/mol. The van der Waals surface area contributed by atoms with Gasteiger partial charge in [0.2, 0.25) is 0 Å². The van der Waals surface area contributed by atoms with Crippen LogP contribution in [0.15, 0.2) is 24.3 Å². The summed E-state index contributed by atoms with van der Waals surface area (Å²) in [5, 5.41) is 0.420. The molecule has 1 aliphatic rings. The van der Waals surface area contributed by atoms with Gasteiger partial charge in [-0.15, -0.1) is 11.3 Å². The van der Waals surface area contributed by atoms with Crippen LogP contribution >= 0.6 is 22.9 Å². The number of esters is 1. The summed E-state index contributed by atoms with van der Waals surface area (Å²) in [5.41, 5.74) is 0.705. The third-order valence-electron chi connectivity index (χ3n) is 3.18. The van der Waals surface area contributed by atoms with E-state index in [0.717, 1.165) is 11.3 Å². The first-order valence-corrected chi connectivity index (χ1v) is 8.10. The summed E-state index contributed by atoms with van der Waals surface area (Å²) in [6.45, 7) is 2.42. The Labute approximate surface area is 141 Å². The van der Waals surface area contributed by atoms with Gasteiger partial charge in [0.15, 0.2) is 17.3 Å². The lowest BCUT2D eigenvalue weighted by atomic mass is 10.2. The summed E-state index contributed by atoms with van der Waals surface area (Å²) in [4.78, 5) is 24.2. The van der Waals surface area contributed by atoms with Crippen molar-refractivity contribution in [1.29, 1.82) is 0 Å². The molecule has 0 atom stereocenters. The van der Waals surface area contributed by atoms with E-state index in [4.69, 9.17) is 25.8 Å².